The van der Waals surface area contributed by atoms with Crippen molar-refractivity contribution < 1.29 is 9.90 Å². The van der Waals surface area contributed by atoms with Crippen LogP contribution in [-0.4, -0.2) is 25.6 Å². The number of pyridine rings is 1. The molecule has 0 saturated carbocycles. The molecule has 0 spiro atoms. The van der Waals surface area contributed by atoms with E-state index >= 15 is 0 Å². The first-order chi connectivity index (χ1) is 8.60. The monoisotopic (exact) mass is 245 g/mol. The topological polar surface area (TPSA) is 68.0 Å². The SMILES string of the molecule is CCc1nccn1C(C)(C(=O)O)c1ccncc1. The van der Waals surface area contributed by atoms with E-state index in [1.807, 2.05) is 6.92 Å². The number of nitrogens with zero attached hydrogens (tertiary/aromatic N) is 3. The van der Waals surface area contributed by atoms with Gasteiger partial charge in [-0.2, -0.15) is 0 Å². The Morgan fingerprint density at radius 1 is 1.39 bits per heavy atom. The lowest BCUT2D eigenvalue weighted by Gasteiger charge is -2.28. The van der Waals surface area contributed by atoms with Gasteiger partial charge in [-0.15, -0.1) is 0 Å². The van der Waals surface area contributed by atoms with Crippen molar-refractivity contribution in [3.8, 4) is 0 Å². The minimum Gasteiger partial charge on any atom is -0.479 e. The fraction of sp³-hybridized carbons (Fsp3) is 0.308. The normalized spacial score (nSPS) is 14.1. The van der Waals surface area contributed by atoms with E-state index in [0.29, 0.717) is 12.0 Å². The molecule has 2 rings (SSSR count). The van der Waals surface area contributed by atoms with E-state index in [1.54, 1.807) is 48.4 Å². The van der Waals surface area contributed by atoms with Crippen LogP contribution in [0.3, 0.4) is 0 Å². The summed E-state index contributed by atoms with van der Waals surface area (Å²) in [6.45, 7) is 3.62. The third kappa shape index (κ3) is 1.77. The second kappa shape index (κ2) is 4.60. The zero-order chi connectivity index (χ0) is 13.2. The molecule has 5 heteroatoms. The van der Waals surface area contributed by atoms with Gasteiger partial charge in [0.15, 0.2) is 5.54 Å². The summed E-state index contributed by atoms with van der Waals surface area (Å²) in [7, 11) is 0. The molecule has 0 bridgehead atoms. The Bertz CT molecular complexity index is 550. The van der Waals surface area contributed by atoms with Gasteiger partial charge in [-0.3, -0.25) is 4.98 Å². The van der Waals surface area contributed by atoms with Crippen molar-refractivity contribution in [2.75, 3.05) is 0 Å². The molecule has 0 aliphatic carbocycles. The highest BCUT2D eigenvalue weighted by Gasteiger charge is 2.38. The zero-order valence-corrected chi connectivity index (χ0v) is 10.4. The molecule has 0 saturated heterocycles. The molecule has 2 aromatic rings. The summed E-state index contributed by atoms with van der Waals surface area (Å²) in [5.41, 5.74) is -0.483. The first kappa shape index (κ1) is 12.3. The van der Waals surface area contributed by atoms with Crippen LogP contribution in [0.25, 0.3) is 0 Å². The number of carboxylic acids is 1. The number of rotatable bonds is 4. The number of hydrogen-bond donors (Lipinski definition) is 1. The van der Waals surface area contributed by atoms with Crippen LogP contribution in [0.15, 0.2) is 36.9 Å². The standard InChI is InChI=1S/C13H15N3O2/c1-3-11-15-8-9-16(11)13(2,12(17)18)10-4-6-14-7-5-10/h4-9H,3H2,1-2H3,(H,17,18). The quantitative estimate of drug-likeness (QED) is 0.890. The Kier molecular flexibility index (Phi) is 3.14. The van der Waals surface area contributed by atoms with E-state index in [0.717, 1.165) is 5.82 Å². The van der Waals surface area contributed by atoms with Crippen LogP contribution < -0.4 is 0 Å². The fourth-order valence-corrected chi connectivity index (χ4v) is 2.05. The number of aliphatic carboxylic acids is 1. The predicted molar refractivity (Wildman–Crippen MR) is 66.2 cm³/mol. The Labute approximate surface area is 105 Å². The molecule has 0 aromatic carbocycles. The first-order valence-electron chi connectivity index (χ1n) is 5.77. The van der Waals surface area contributed by atoms with Gasteiger partial charge in [0, 0.05) is 31.2 Å². The molecule has 0 aliphatic heterocycles. The summed E-state index contributed by atoms with van der Waals surface area (Å²) in [6, 6.07) is 3.43. The summed E-state index contributed by atoms with van der Waals surface area (Å²) in [5.74, 6) is -0.168. The average Bonchev–Trinajstić information content (AvgIpc) is 2.87. The molecule has 94 valence electrons. The molecular weight excluding hydrogens is 230 g/mol. The number of imidazole rings is 1. The smallest absolute Gasteiger partial charge is 0.334 e. The van der Waals surface area contributed by atoms with Gasteiger partial charge in [0.05, 0.1) is 0 Å². The molecule has 1 N–H and O–H groups in total. The van der Waals surface area contributed by atoms with Gasteiger partial charge in [-0.05, 0) is 24.6 Å². The van der Waals surface area contributed by atoms with Crippen LogP contribution in [0.1, 0.15) is 25.2 Å². The van der Waals surface area contributed by atoms with Gasteiger partial charge < -0.3 is 9.67 Å². The third-order valence-electron chi connectivity index (χ3n) is 3.17. The summed E-state index contributed by atoms with van der Waals surface area (Å²) in [5, 5.41) is 9.61. The van der Waals surface area contributed by atoms with Gasteiger partial charge >= 0.3 is 5.97 Å². The lowest BCUT2D eigenvalue weighted by Crippen LogP contribution is -2.40. The van der Waals surface area contributed by atoms with Crippen molar-refractivity contribution >= 4 is 5.97 Å². The van der Waals surface area contributed by atoms with E-state index in [4.69, 9.17) is 0 Å². The minimum absolute atomic E-state index is 0.678. The minimum atomic E-state index is -1.16. The Morgan fingerprint density at radius 3 is 2.61 bits per heavy atom. The number of carbonyl (C=O) groups is 1. The Hall–Kier alpha value is -2.17. The maximum Gasteiger partial charge on any atom is 0.334 e. The highest BCUT2D eigenvalue weighted by Crippen LogP contribution is 2.27. The van der Waals surface area contributed by atoms with Crippen LogP contribution in [0.5, 0.6) is 0 Å². The van der Waals surface area contributed by atoms with Gasteiger partial charge in [-0.1, -0.05) is 6.92 Å². The largest absolute Gasteiger partial charge is 0.479 e. The van der Waals surface area contributed by atoms with Crippen LogP contribution >= 0.6 is 0 Å². The predicted octanol–water partition coefficient (Wildman–Crippen LogP) is 1.69. The van der Waals surface area contributed by atoms with Gasteiger partial charge in [0.25, 0.3) is 0 Å². The van der Waals surface area contributed by atoms with Crippen molar-refractivity contribution in [2.24, 2.45) is 0 Å². The van der Waals surface area contributed by atoms with E-state index in [2.05, 4.69) is 9.97 Å². The fourth-order valence-electron chi connectivity index (χ4n) is 2.05. The molecule has 2 heterocycles. The Balaban J connectivity index is 2.62. The van der Waals surface area contributed by atoms with E-state index in [9.17, 15) is 9.90 Å². The molecule has 0 radical (unpaired) electrons. The van der Waals surface area contributed by atoms with Gasteiger partial charge in [-0.25, -0.2) is 9.78 Å². The molecule has 0 amide bonds. The molecule has 18 heavy (non-hydrogen) atoms. The van der Waals surface area contributed by atoms with Crippen molar-refractivity contribution in [3.63, 3.8) is 0 Å². The van der Waals surface area contributed by atoms with Gasteiger partial charge in [0.2, 0.25) is 0 Å². The second-order valence-corrected chi connectivity index (χ2v) is 4.18. The van der Waals surface area contributed by atoms with Crippen LogP contribution in [0.2, 0.25) is 0 Å². The van der Waals surface area contributed by atoms with Crippen LogP contribution in [0.4, 0.5) is 0 Å². The molecular formula is C13H15N3O2. The van der Waals surface area contributed by atoms with Crippen molar-refractivity contribution in [2.45, 2.75) is 25.8 Å². The zero-order valence-electron chi connectivity index (χ0n) is 10.4. The average molecular weight is 245 g/mol. The highest BCUT2D eigenvalue weighted by molar-refractivity contribution is 5.80. The summed E-state index contributed by atoms with van der Waals surface area (Å²) in [4.78, 5) is 19.8. The van der Waals surface area contributed by atoms with Crippen LogP contribution in [0, 0.1) is 0 Å². The Morgan fingerprint density at radius 2 is 2.06 bits per heavy atom. The molecule has 2 aromatic heterocycles. The van der Waals surface area contributed by atoms with E-state index in [-0.39, 0.29) is 0 Å². The first-order valence-corrected chi connectivity index (χ1v) is 5.77. The number of aromatic nitrogens is 3. The summed E-state index contributed by atoms with van der Waals surface area (Å²) in [6.07, 6.45) is 7.20. The molecule has 0 fully saturated rings. The number of aryl methyl sites for hydroxylation is 1. The highest BCUT2D eigenvalue weighted by atomic mass is 16.4. The number of carboxylic acid groups (broad SMARTS) is 1. The number of hydrogen-bond acceptors (Lipinski definition) is 3. The van der Waals surface area contributed by atoms with Gasteiger partial charge in [0.1, 0.15) is 5.82 Å². The van der Waals surface area contributed by atoms with E-state index in [1.165, 1.54) is 0 Å². The van der Waals surface area contributed by atoms with Crippen molar-refractivity contribution in [1.29, 1.82) is 0 Å². The lowest BCUT2D eigenvalue weighted by atomic mass is 9.92. The molecule has 1 atom stereocenters. The van der Waals surface area contributed by atoms with Crippen LogP contribution in [-0.2, 0) is 16.8 Å². The molecule has 0 aliphatic rings. The maximum atomic E-state index is 11.7. The summed E-state index contributed by atoms with van der Waals surface area (Å²) < 4.78 is 1.70. The van der Waals surface area contributed by atoms with Crippen molar-refractivity contribution in [1.82, 2.24) is 14.5 Å². The molecule has 5 nitrogen and oxygen atoms in total. The second-order valence-electron chi connectivity index (χ2n) is 4.18. The molecule has 1 unspecified atom stereocenters. The lowest BCUT2D eigenvalue weighted by molar-refractivity contribution is -0.144. The summed E-state index contributed by atoms with van der Waals surface area (Å²) >= 11 is 0. The van der Waals surface area contributed by atoms with Crippen molar-refractivity contribution in [3.05, 3.63) is 48.3 Å². The third-order valence-corrected chi connectivity index (χ3v) is 3.17. The maximum absolute atomic E-state index is 11.7. The van der Waals surface area contributed by atoms with E-state index < -0.39 is 11.5 Å².